The van der Waals surface area contributed by atoms with Crippen LogP contribution in [0.2, 0.25) is 5.02 Å². The van der Waals surface area contributed by atoms with Gasteiger partial charge in [0.2, 0.25) is 10.0 Å². The fourth-order valence-electron chi connectivity index (χ4n) is 2.70. The Morgan fingerprint density at radius 1 is 1.14 bits per heavy atom. The summed E-state index contributed by atoms with van der Waals surface area (Å²) in [6.07, 6.45) is 1.45. The van der Waals surface area contributed by atoms with E-state index in [1.54, 1.807) is 36.4 Å². The van der Waals surface area contributed by atoms with Gasteiger partial charge in [0.1, 0.15) is 11.6 Å². The summed E-state index contributed by atoms with van der Waals surface area (Å²) in [6, 6.07) is 13.2. The minimum absolute atomic E-state index is 0.0199. The number of nitrogens with zero attached hydrogens (tertiary/aromatic N) is 1. The molecule has 3 rings (SSSR count). The van der Waals surface area contributed by atoms with E-state index in [1.807, 2.05) is 0 Å². The van der Waals surface area contributed by atoms with E-state index in [-0.39, 0.29) is 28.9 Å². The number of sulfonamides is 1. The Bertz CT molecular complexity index is 1100. The number of nitrogens with one attached hydrogen (secondary N) is 1. The first-order chi connectivity index (χ1) is 13.8. The molecule has 1 aromatic heterocycles. The summed E-state index contributed by atoms with van der Waals surface area (Å²) in [5.41, 5.74) is 1.13. The first-order valence-electron chi connectivity index (χ1n) is 8.60. The highest BCUT2D eigenvalue weighted by molar-refractivity contribution is 7.89. The third-order valence-electron chi connectivity index (χ3n) is 4.24. The van der Waals surface area contributed by atoms with Crippen molar-refractivity contribution in [2.24, 2.45) is 0 Å². The van der Waals surface area contributed by atoms with Crippen LogP contribution in [-0.4, -0.2) is 25.7 Å². The largest absolute Gasteiger partial charge is 0.468 e. The van der Waals surface area contributed by atoms with Crippen molar-refractivity contribution in [3.05, 3.63) is 88.6 Å². The lowest BCUT2D eigenvalue weighted by Gasteiger charge is -2.22. The monoisotopic (exact) mass is 436 g/mol. The van der Waals surface area contributed by atoms with E-state index in [1.165, 1.54) is 23.7 Å². The zero-order valence-corrected chi connectivity index (χ0v) is 17.0. The molecule has 152 valence electrons. The van der Waals surface area contributed by atoms with Gasteiger partial charge >= 0.3 is 0 Å². The Labute approximate surface area is 173 Å². The molecule has 0 atom stereocenters. The molecule has 0 aliphatic carbocycles. The Balaban J connectivity index is 1.93. The number of carbonyl (C=O) groups is 1. The van der Waals surface area contributed by atoms with E-state index >= 15 is 0 Å². The molecule has 0 aliphatic heterocycles. The number of amides is 1. The van der Waals surface area contributed by atoms with E-state index in [0.717, 1.165) is 12.1 Å². The molecule has 29 heavy (non-hydrogen) atoms. The molecule has 2 aromatic carbocycles. The number of halogens is 2. The first-order valence-corrected chi connectivity index (χ1v) is 10.4. The van der Waals surface area contributed by atoms with Crippen molar-refractivity contribution in [1.82, 2.24) is 9.62 Å². The molecule has 0 unspecified atom stereocenters. The Kier molecular flexibility index (Phi) is 6.36. The molecular weight excluding hydrogens is 419 g/mol. The highest BCUT2D eigenvalue weighted by Crippen LogP contribution is 2.25. The highest BCUT2D eigenvalue weighted by Gasteiger charge is 2.26. The van der Waals surface area contributed by atoms with Crippen LogP contribution in [0.15, 0.2) is 70.2 Å². The van der Waals surface area contributed by atoms with Crippen LogP contribution in [0.1, 0.15) is 21.7 Å². The Hall–Kier alpha value is -2.68. The van der Waals surface area contributed by atoms with E-state index in [9.17, 15) is 17.6 Å². The topological polar surface area (TPSA) is 79.6 Å². The van der Waals surface area contributed by atoms with Gasteiger partial charge in [-0.25, -0.2) is 12.8 Å². The molecule has 3 aromatic rings. The molecule has 9 heteroatoms. The molecule has 0 saturated carbocycles. The molecule has 0 aliphatic rings. The lowest BCUT2D eigenvalue weighted by atomic mass is 10.1. The van der Waals surface area contributed by atoms with Gasteiger partial charge < -0.3 is 9.73 Å². The van der Waals surface area contributed by atoms with Crippen LogP contribution < -0.4 is 5.32 Å². The Morgan fingerprint density at radius 2 is 1.86 bits per heavy atom. The van der Waals surface area contributed by atoms with Crippen molar-refractivity contribution in [2.45, 2.75) is 18.0 Å². The number of carbonyl (C=O) groups excluding carboxylic acids is 1. The summed E-state index contributed by atoms with van der Waals surface area (Å²) in [5.74, 6) is -0.491. The maximum atomic E-state index is 13.5. The molecule has 0 fully saturated rings. The molecule has 1 heterocycles. The smallest absolute Gasteiger partial charge is 0.251 e. The average molecular weight is 437 g/mol. The third kappa shape index (κ3) is 4.84. The zero-order chi connectivity index (χ0) is 21.0. The summed E-state index contributed by atoms with van der Waals surface area (Å²) in [4.78, 5) is 11.6. The molecule has 1 N–H and O–H groups in total. The van der Waals surface area contributed by atoms with Gasteiger partial charge in [-0.1, -0.05) is 23.7 Å². The average Bonchev–Trinajstić information content (AvgIpc) is 3.22. The van der Waals surface area contributed by atoms with Crippen molar-refractivity contribution in [3.8, 4) is 0 Å². The molecule has 0 saturated heterocycles. The summed E-state index contributed by atoms with van der Waals surface area (Å²) in [7, 11) is -2.47. The predicted molar refractivity (Wildman–Crippen MR) is 106 cm³/mol. The van der Waals surface area contributed by atoms with Gasteiger partial charge in [0.15, 0.2) is 0 Å². The van der Waals surface area contributed by atoms with Crippen molar-refractivity contribution >= 4 is 27.5 Å². The number of hydrogen-bond donors (Lipinski definition) is 1. The first kappa shape index (κ1) is 21.0. The Morgan fingerprint density at radius 3 is 2.45 bits per heavy atom. The maximum absolute atomic E-state index is 13.5. The number of furan rings is 1. The molecule has 1 amide bonds. The van der Waals surface area contributed by atoms with Crippen molar-refractivity contribution in [3.63, 3.8) is 0 Å². The van der Waals surface area contributed by atoms with Crippen LogP contribution in [0.3, 0.4) is 0 Å². The second kappa shape index (κ2) is 8.77. The number of rotatable bonds is 7. The van der Waals surface area contributed by atoms with Crippen LogP contribution in [0.25, 0.3) is 0 Å². The van der Waals surface area contributed by atoms with Crippen molar-refractivity contribution < 1.29 is 22.0 Å². The van der Waals surface area contributed by atoms with E-state index in [4.69, 9.17) is 16.0 Å². The highest BCUT2D eigenvalue weighted by atomic mass is 35.5. The van der Waals surface area contributed by atoms with Gasteiger partial charge in [-0.05, 0) is 48.0 Å². The van der Waals surface area contributed by atoms with Crippen LogP contribution in [-0.2, 0) is 23.1 Å². The van der Waals surface area contributed by atoms with Crippen LogP contribution in [0.5, 0.6) is 0 Å². The van der Waals surface area contributed by atoms with Crippen molar-refractivity contribution in [1.29, 1.82) is 0 Å². The second-order valence-electron chi connectivity index (χ2n) is 6.20. The summed E-state index contributed by atoms with van der Waals surface area (Å²) >= 11 is 5.77. The quantitative estimate of drug-likeness (QED) is 0.610. The van der Waals surface area contributed by atoms with Gasteiger partial charge in [0.05, 0.1) is 22.7 Å². The predicted octanol–water partition coefficient (Wildman–Crippen LogP) is 3.82. The fourth-order valence-corrected chi connectivity index (χ4v) is 4.36. The van der Waals surface area contributed by atoms with E-state index < -0.39 is 15.8 Å². The van der Waals surface area contributed by atoms with Crippen LogP contribution in [0.4, 0.5) is 4.39 Å². The van der Waals surface area contributed by atoms with Gasteiger partial charge in [0, 0.05) is 19.2 Å². The normalized spacial score (nSPS) is 11.6. The minimum atomic E-state index is -4.00. The standard InChI is InChI=1S/C20H18ClFN2O4S/c1-23-20(25)15-6-4-14(5-7-15)12-24(13-16-3-2-10-28-16)29(26,27)17-8-9-19(22)18(21)11-17/h2-11H,12-13H2,1H3,(H,23,25). The molecule has 0 bridgehead atoms. The summed E-state index contributed by atoms with van der Waals surface area (Å²) < 4.78 is 46.4. The number of benzene rings is 2. The lowest BCUT2D eigenvalue weighted by molar-refractivity contribution is 0.0963. The third-order valence-corrected chi connectivity index (χ3v) is 6.32. The van der Waals surface area contributed by atoms with Gasteiger partial charge in [-0.15, -0.1) is 0 Å². The lowest BCUT2D eigenvalue weighted by Crippen LogP contribution is -2.30. The molecule has 0 radical (unpaired) electrons. The van der Waals surface area contributed by atoms with E-state index in [2.05, 4.69) is 5.32 Å². The zero-order valence-electron chi connectivity index (χ0n) is 15.4. The van der Waals surface area contributed by atoms with E-state index in [0.29, 0.717) is 16.9 Å². The fraction of sp³-hybridized carbons (Fsp3) is 0.150. The van der Waals surface area contributed by atoms with Gasteiger partial charge in [0.25, 0.3) is 5.91 Å². The van der Waals surface area contributed by atoms with Gasteiger partial charge in [-0.2, -0.15) is 4.31 Å². The van der Waals surface area contributed by atoms with Crippen molar-refractivity contribution in [2.75, 3.05) is 7.05 Å². The second-order valence-corrected chi connectivity index (χ2v) is 8.55. The van der Waals surface area contributed by atoms with Crippen LogP contribution in [0, 0.1) is 5.82 Å². The van der Waals surface area contributed by atoms with Crippen LogP contribution >= 0.6 is 11.6 Å². The number of hydrogen-bond acceptors (Lipinski definition) is 4. The molecular formula is C20H18ClFN2O4S. The summed E-state index contributed by atoms with van der Waals surface area (Å²) in [5, 5.41) is 2.25. The van der Waals surface area contributed by atoms with Gasteiger partial charge in [-0.3, -0.25) is 4.79 Å². The molecule has 6 nitrogen and oxygen atoms in total. The maximum Gasteiger partial charge on any atom is 0.251 e. The summed E-state index contributed by atoms with van der Waals surface area (Å²) in [6.45, 7) is -0.00637. The minimum Gasteiger partial charge on any atom is -0.468 e. The SMILES string of the molecule is CNC(=O)c1ccc(CN(Cc2ccco2)S(=O)(=O)c2ccc(F)c(Cl)c2)cc1. The molecule has 0 spiro atoms.